The Morgan fingerprint density at radius 2 is 2.12 bits per heavy atom. The number of hydrogen-bond acceptors (Lipinski definition) is 5. The van der Waals surface area contributed by atoms with E-state index in [0.717, 1.165) is 16.3 Å². The van der Waals surface area contributed by atoms with E-state index in [4.69, 9.17) is 4.74 Å². The highest BCUT2D eigenvalue weighted by molar-refractivity contribution is 6.08. The monoisotopic (exact) mass is 348 g/mol. The van der Waals surface area contributed by atoms with Gasteiger partial charge in [-0.1, -0.05) is 24.3 Å². The molecule has 0 spiro atoms. The van der Waals surface area contributed by atoms with Crippen molar-refractivity contribution in [2.24, 2.45) is 0 Å². The molecule has 26 heavy (non-hydrogen) atoms. The van der Waals surface area contributed by atoms with Crippen LogP contribution in [0.3, 0.4) is 0 Å². The summed E-state index contributed by atoms with van der Waals surface area (Å²) < 4.78 is 5.23. The van der Waals surface area contributed by atoms with Crippen molar-refractivity contribution in [1.82, 2.24) is 4.98 Å². The van der Waals surface area contributed by atoms with Crippen LogP contribution in [-0.2, 0) is 0 Å². The molecule has 0 aliphatic heterocycles. The number of carbonyl (C=O) groups excluding carboxylic acids is 1. The molecule has 0 N–H and O–H groups in total. The summed E-state index contributed by atoms with van der Waals surface area (Å²) in [5.74, 6) is -0.165. The second kappa shape index (κ2) is 7.57. The standard InChI is InChI=1S/C20H16N2O4/c1-2-26-20-9-7-15(12-18(20)22(24)25)19(23)8-6-14-4-3-5-16-13-21-11-10-17(14)16/h3-13H,2H2,1H3/b8-6+. The molecule has 0 unspecified atom stereocenters. The van der Waals surface area contributed by atoms with Crippen molar-refractivity contribution in [3.8, 4) is 5.75 Å². The minimum Gasteiger partial charge on any atom is -0.487 e. The zero-order chi connectivity index (χ0) is 18.5. The summed E-state index contributed by atoms with van der Waals surface area (Å²) in [6, 6.07) is 11.8. The Balaban J connectivity index is 1.91. The Bertz CT molecular complexity index is 1010. The molecule has 3 rings (SSSR count). The molecule has 0 aliphatic carbocycles. The first kappa shape index (κ1) is 17.3. The molecule has 0 bridgehead atoms. The number of allylic oxidation sites excluding steroid dienone is 1. The van der Waals surface area contributed by atoms with Gasteiger partial charge in [0.25, 0.3) is 0 Å². The lowest BCUT2D eigenvalue weighted by Crippen LogP contribution is -2.01. The fourth-order valence-electron chi connectivity index (χ4n) is 2.65. The van der Waals surface area contributed by atoms with Crippen LogP contribution >= 0.6 is 0 Å². The third kappa shape index (κ3) is 3.59. The third-order valence-electron chi connectivity index (χ3n) is 3.87. The maximum atomic E-state index is 12.4. The van der Waals surface area contributed by atoms with E-state index in [9.17, 15) is 14.9 Å². The van der Waals surface area contributed by atoms with Gasteiger partial charge in [-0.2, -0.15) is 0 Å². The predicted molar refractivity (Wildman–Crippen MR) is 99.4 cm³/mol. The average molecular weight is 348 g/mol. The highest BCUT2D eigenvalue weighted by Gasteiger charge is 2.17. The summed E-state index contributed by atoms with van der Waals surface area (Å²) in [6.45, 7) is 2.05. The van der Waals surface area contributed by atoms with Gasteiger partial charge in [-0.25, -0.2) is 0 Å². The number of nitrogens with zero attached hydrogens (tertiary/aromatic N) is 2. The lowest BCUT2D eigenvalue weighted by molar-refractivity contribution is -0.385. The number of rotatable bonds is 6. The van der Waals surface area contributed by atoms with Crippen LogP contribution in [0, 0.1) is 10.1 Å². The van der Waals surface area contributed by atoms with Crippen LogP contribution in [-0.4, -0.2) is 22.3 Å². The maximum absolute atomic E-state index is 12.4. The van der Waals surface area contributed by atoms with Gasteiger partial charge in [-0.3, -0.25) is 19.9 Å². The van der Waals surface area contributed by atoms with Crippen LogP contribution in [0.2, 0.25) is 0 Å². The topological polar surface area (TPSA) is 82.3 Å². The van der Waals surface area contributed by atoms with E-state index < -0.39 is 4.92 Å². The molecular formula is C20H16N2O4. The average Bonchev–Trinajstić information content (AvgIpc) is 2.66. The number of benzene rings is 2. The fraction of sp³-hybridized carbons (Fsp3) is 0.100. The molecule has 0 atom stereocenters. The van der Waals surface area contributed by atoms with Crippen molar-refractivity contribution in [2.75, 3.05) is 6.61 Å². The van der Waals surface area contributed by atoms with Crippen LogP contribution < -0.4 is 4.74 Å². The number of nitro benzene ring substituents is 1. The molecule has 2 aromatic carbocycles. The largest absolute Gasteiger partial charge is 0.487 e. The van der Waals surface area contributed by atoms with E-state index >= 15 is 0 Å². The van der Waals surface area contributed by atoms with E-state index in [1.807, 2.05) is 24.3 Å². The summed E-state index contributed by atoms with van der Waals surface area (Å²) in [5, 5.41) is 13.1. The quantitative estimate of drug-likeness (QED) is 0.285. The Labute approximate surface area is 149 Å². The lowest BCUT2D eigenvalue weighted by atomic mass is 10.0. The summed E-state index contributed by atoms with van der Waals surface area (Å²) in [7, 11) is 0. The predicted octanol–water partition coefficient (Wildman–Crippen LogP) is 4.44. The molecule has 0 saturated carbocycles. The molecule has 1 aromatic heterocycles. The Kier molecular flexibility index (Phi) is 5.03. The van der Waals surface area contributed by atoms with Gasteiger partial charge in [-0.15, -0.1) is 0 Å². The lowest BCUT2D eigenvalue weighted by Gasteiger charge is -2.05. The zero-order valence-corrected chi connectivity index (χ0v) is 14.1. The van der Waals surface area contributed by atoms with Crippen molar-refractivity contribution in [1.29, 1.82) is 0 Å². The number of pyridine rings is 1. The van der Waals surface area contributed by atoms with Crippen LogP contribution in [0.25, 0.3) is 16.8 Å². The van der Waals surface area contributed by atoms with Crippen LogP contribution in [0.4, 0.5) is 5.69 Å². The van der Waals surface area contributed by atoms with E-state index in [-0.39, 0.29) is 22.8 Å². The number of carbonyl (C=O) groups is 1. The fourth-order valence-corrected chi connectivity index (χ4v) is 2.65. The molecule has 1 heterocycles. The van der Waals surface area contributed by atoms with E-state index in [1.165, 1.54) is 24.3 Å². The number of ketones is 1. The van der Waals surface area contributed by atoms with Crippen molar-refractivity contribution in [3.05, 3.63) is 82.2 Å². The molecule has 0 saturated heterocycles. The summed E-state index contributed by atoms with van der Waals surface area (Å²) in [6.07, 6.45) is 6.56. The SMILES string of the molecule is CCOc1ccc(C(=O)/C=C/c2cccc3cnccc23)cc1[N+](=O)[O-]. The number of aromatic nitrogens is 1. The molecular weight excluding hydrogens is 332 g/mol. The molecule has 0 fully saturated rings. The smallest absolute Gasteiger partial charge is 0.311 e. The molecule has 130 valence electrons. The number of fused-ring (bicyclic) bond motifs is 1. The first-order chi connectivity index (χ1) is 12.6. The second-order valence-corrected chi connectivity index (χ2v) is 5.51. The molecule has 0 amide bonds. The van der Waals surface area contributed by atoms with Gasteiger partial charge in [0.15, 0.2) is 11.5 Å². The number of ether oxygens (including phenoxy) is 1. The normalized spacial score (nSPS) is 11.0. The Morgan fingerprint density at radius 1 is 1.27 bits per heavy atom. The van der Waals surface area contributed by atoms with Gasteiger partial charge in [0, 0.05) is 29.4 Å². The van der Waals surface area contributed by atoms with Crippen LogP contribution in [0.5, 0.6) is 5.75 Å². The molecule has 6 nitrogen and oxygen atoms in total. The van der Waals surface area contributed by atoms with Crippen molar-refractivity contribution in [3.63, 3.8) is 0 Å². The molecule has 0 radical (unpaired) electrons. The van der Waals surface area contributed by atoms with Gasteiger partial charge < -0.3 is 4.74 Å². The molecule has 0 aliphatic rings. The van der Waals surface area contributed by atoms with Gasteiger partial charge >= 0.3 is 5.69 Å². The summed E-state index contributed by atoms with van der Waals surface area (Å²) in [4.78, 5) is 27.2. The number of hydrogen-bond donors (Lipinski definition) is 0. The van der Waals surface area contributed by atoms with Crippen molar-refractivity contribution >= 4 is 28.3 Å². The third-order valence-corrected chi connectivity index (χ3v) is 3.87. The maximum Gasteiger partial charge on any atom is 0.311 e. The highest BCUT2D eigenvalue weighted by Crippen LogP contribution is 2.28. The second-order valence-electron chi connectivity index (χ2n) is 5.51. The van der Waals surface area contributed by atoms with Gasteiger partial charge in [0.1, 0.15) is 0 Å². The van der Waals surface area contributed by atoms with Gasteiger partial charge in [0.05, 0.1) is 11.5 Å². The zero-order valence-electron chi connectivity index (χ0n) is 14.1. The van der Waals surface area contributed by atoms with E-state index in [0.29, 0.717) is 6.61 Å². The van der Waals surface area contributed by atoms with Gasteiger partial charge in [0.2, 0.25) is 0 Å². The first-order valence-corrected chi connectivity index (χ1v) is 8.06. The molecule has 6 heteroatoms. The minimum atomic E-state index is -0.552. The van der Waals surface area contributed by atoms with Crippen LogP contribution in [0.15, 0.2) is 60.9 Å². The number of nitro groups is 1. The molecule has 3 aromatic rings. The minimum absolute atomic E-state index is 0.152. The Hall–Kier alpha value is -3.54. The van der Waals surface area contributed by atoms with Crippen molar-refractivity contribution < 1.29 is 14.5 Å². The van der Waals surface area contributed by atoms with Gasteiger partial charge in [-0.05, 0) is 42.1 Å². The van der Waals surface area contributed by atoms with Crippen molar-refractivity contribution in [2.45, 2.75) is 6.92 Å². The Morgan fingerprint density at radius 3 is 2.88 bits per heavy atom. The van der Waals surface area contributed by atoms with Crippen LogP contribution in [0.1, 0.15) is 22.8 Å². The summed E-state index contributed by atoms with van der Waals surface area (Å²) >= 11 is 0. The van der Waals surface area contributed by atoms with E-state index in [1.54, 1.807) is 25.4 Å². The summed E-state index contributed by atoms with van der Waals surface area (Å²) in [5.41, 5.74) is 0.888. The highest BCUT2D eigenvalue weighted by atomic mass is 16.6. The first-order valence-electron chi connectivity index (χ1n) is 8.06. The van der Waals surface area contributed by atoms with E-state index in [2.05, 4.69) is 4.98 Å².